The van der Waals surface area contributed by atoms with Crippen molar-refractivity contribution in [2.24, 2.45) is 11.7 Å². The van der Waals surface area contributed by atoms with Crippen molar-refractivity contribution in [2.75, 3.05) is 0 Å². The van der Waals surface area contributed by atoms with Crippen molar-refractivity contribution in [1.82, 2.24) is 0 Å². The van der Waals surface area contributed by atoms with E-state index in [1.165, 1.54) is 25.7 Å². The third-order valence-corrected chi connectivity index (χ3v) is 2.80. The molecule has 1 atom stereocenters. The topological polar surface area (TPSA) is 43.1 Å². The minimum absolute atomic E-state index is 0.215. The molecule has 2 N–H and O–H groups in total. The third-order valence-electron chi connectivity index (χ3n) is 2.80. The van der Waals surface area contributed by atoms with Crippen LogP contribution >= 0.6 is 0 Å². The van der Waals surface area contributed by atoms with Crippen molar-refractivity contribution >= 4 is 5.78 Å². The monoisotopic (exact) mass is 181 g/mol. The SMILES string of the molecule is C=CC[C@H](N)C(=O)CC1CCCC1. The van der Waals surface area contributed by atoms with Gasteiger partial charge in [-0.3, -0.25) is 4.79 Å². The van der Waals surface area contributed by atoms with Gasteiger partial charge in [-0.05, 0) is 12.3 Å². The Balaban J connectivity index is 2.26. The van der Waals surface area contributed by atoms with Crippen molar-refractivity contribution in [1.29, 1.82) is 0 Å². The maximum Gasteiger partial charge on any atom is 0.150 e. The molecule has 0 bridgehead atoms. The van der Waals surface area contributed by atoms with E-state index in [9.17, 15) is 4.79 Å². The van der Waals surface area contributed by atoms with Crippen molar-refractivity contribution in [3.63, 3.8) is 0 Å². The maximum absolute atomic E-state index is 11.5. The van der Waals surface area contributed by atoms with E-state index in [1.807, 2.05) is 0 Å². The van der Waals surface area contributed by atoms with Gasteiger partial charge in [-0.2, -0.15) is 0 Å². The second kappa shape index (κ2) is 5.18. The molecular formula is C11H19NO. The molecule has 0 aliphatic heterocycles. The zero-order chi connectivity index (χ0) is 9.68. The van der Waals surface area contributed by atoms with Crippen LogP contribution in [-0.2, 0) is 4.79 Å². The molecule has 0 aromatic heterocycles. The summed E-state index contributed by atoms with van der Waals surface area (Å²) in [5.74, 6) is 0.829. The molecule has 2 heteroatoms. The second-order valence-electron chi connectivity index (χ2n) is 3.95. The van der Waals surface area contributed by atoms with Gasteiger partial charge in [0.25, 0.3) is 0 Å². The van der Waals surface area contributed by atoms with E-state index in [0.717, 1.165) is 0 Å². The summed E-state index contributed by atoms with van der Waals surface area (Å²) in [6, 6.07) is -0.307. The van der Waals surface area contributed by atoms with Crippen LogP contribution < -0.4 is 5.73 Å². The fourth-order valence-corrected chi connectivity index (χ4v) is 1.96. The first kappa shape index (κ1) is 10.5. The predicted octanol–water partition coefficient (Wildman–Crippen LogP) is 2.04. The molecule has 1 fully saturated rings. The van der Waals surface area contributed by atoms with E-state index in [1.54, 1.807) is 6.08 Å². The molecule has 0 unspecified atom stereocenters. The third kappa shape index (κ3) is 3.31. The van der Waals surface area contributed by atoms with E-state index >= 15 is 0 Å². The molecule has 0 amide bonds. The van der Waals surface area contributed by atoms with Gasteiger partial charge in [0.05, 0.1) is 6.04 Å². The number of Topliss-reactive ketones (excluding diaryl/α,β-unsaturated/α-hetero) is 1. The summed E-state index contributed by atoms with van der Waals surface area (Å²) >= 11 is 0. The lowest BCUT2D eigenvalue weighted by Gasteiger charge is -2.11. The Morgan fingerprint density at radius 1 is 1.54 bits per heavy atom. The van der Waals surface area contributed by atoms with Gasteiger partial charge >= 0.3 is 0 Å². The van der Waals surface area contributed by atoms with Crippen LogP contribution in [0, 0.1) is 5.92 Å². The summed E-state index contributed by atoms with van der Waals surface area (Å²) < 4.78 is 0. The van der Waals surface area contributed by atoms with Crippen molar-refractivity contribution in [3.8, 4) is 0 Å². The first-order valence-corrected chi connectivity index (χ1v) is 5.13. The molecule has 0 saturated heterocycles. The maximum atomic E-state index is 11.5. The van der Waals surface area contributed by atoms with Gasteiger partial charge in [-0.15, -0.1) is 6.58 Å². The fraction of sp³-hybridized carbons (Fsp3) is 0.727. The average molecular weight is 181 g/mol. The summed E-state index contributed by atoms with van der Waals surface area (Å²) in [7, 11) is 0. The van der Waals surface area contributed by atoms with Gasteiger partial charge in [0.2, 0.25) is 0 Å². The molecule has 13 heavy (non-hydrogen) atoms. The highest BCUT2D eigenvalue weighted by Gasteiger charge is 2.21. The Morgan fingerprint density at radius 3 is 2.69 bits per heavy atom. The largest absolute Gasteiger partial charge is 0.321 e. The van der Waals surface area contributed by atoms with Gasteiger partial charge < -0.3 is 5.73 Å². The number of hydrogen-bond acceptors (Lipinski definition) is 2. The van der Waals surface area contributed by atoms with E-state index in [-0.39, 0.29) is 11.8 Å². The van der Waals surface area contributed by atoms with Crippen molar-refractivity contribution < 1.29 is 4.79 Å². The number of rotatable bonds is 5. The van der Waals surface area contributed by atoms with Crippen LogP contribution in [-0.4, -0.2) is 11.8 Å². The van der Waals surface area contributed by atoms with E-state index < -0.39 is 0 Å². The standard InChI is InChI=1S/C11H19NO/c1-2-5-10(12)11(13)8-9-6-3-4-7-9/h2,9-10H,1,3-8,12H2/t10-/m0/s1. The van der Waals surface area contributed by atoms with Crippen LogP contribution in [0.5, 0.6) is 0 Å². The lowest BCUT2D eigenvalue weighted by atomic mass is 9.96. The van der Waals surface area contributed by atoms with E-state index in [0.29, 0.717) is 18.8 Å². The fourth-order valence-electron chi connectivity index (χ4n) is 1.96. The Bertz CT molecular complexity index is 183. The molecule has 0 heterocycles. The lowest BCUT2D eigenvalue weighted by molar-refractivity contribution is -0.121. The second-order valence-corrected chi connectivity index (χ2v) is 3.95. The minimum Gasteiger partial charge on any atom is -0.321 e. The Morgan fingerprint density at radius 2 is 2.15 bits per heavy atom. The highest BCUT2D eigenvalue weighted by molar-refractivity contribution is 5.84. The zero-order valence-corrected chi connectivity index (χ0v) is 8.17. The zero-order valence-electron chi connectivity index (χ0n) is 8.17. The first-order chi connectivity index (χ1) is 6.24. The van der Waals surface area contributed by atoms with E-state index in [2.05, 4.69) is 6.58 Å². The number of ketones is 1. The smallest absolute Gasteiger partial charge is 0.150 e. The molecule has 1 saturated carbocycles. The summed E-state index contributed by atoms with van der Waals surface area (Å²) in [4.78, 5) is 11.5. The highest BCUT2D eigenvalue weighted by Crippen LogP contribution is 2.27. The van der Waals surface area contributed by atoms with Crippen LogP contribution in [0.15, 0.2) is 12.7 Å². The van der Waals surface area contributed by atoms with Crippen LogP contribution in [0.3, 0.4) is 0 Å². The number of hydrogen-bond donors (Lipinski definition) is 1. The Labute approximate surface area is 80.2 Å². The molecular weight excluding hydrogens is 162 g/mol. The van der Waals surface area contributed by atoms with E-state index in [4.69, 9.17) is 5.73 Å². The van der Waals surface area contributed by atoms with Gasteiger partial charge in [0.1, 0.15) is 5.78 Å². The summed E-state index contributed by atoms with van der Waals surface area (Å²) in [5.41, 5.74) is 5.69. The van der Waals surface area contributed by atoms with Gasteiger partial charge in [0, 0.05) is 6.42 Å². The van der Waals surface area contributed by atoms with Crippen LogP contribution in [0.2, 0.25) is 0 Å². The molecule has 1 aliphatic carbocycles. The molecule has 1 aliphatic rings. The molecule has 0 aromatic carbocycles. The van der Waals surface area contributed by atoms with Crippen LogP contribution in [0.25, 0.3) is 0 Å². The molecule has 0 aromatic rings. The number of nitrogens with two attached hydrogens (primary N) is 1. The summed E-state index contributed by atoms with van der Waals surface area (Å²) in [5, 5.41) is 0. The number of carbonyl (C=O) groups is 1. The molecule has 2 nitrogen and oxygen atoms in total. The summed E-state index contributed by atoms with van der Waals surface area (Å²) in [6.07, 6.45) is 8.03. The Hall–Kier alpha value is -0.630. The molecule has 0 spiro atoms. The van der Waals surface area contributed by atoms with Crippen LogP contribution in [0.4, 0.5) is 0 Å². The van der Waals surface area contributed by atoms with Gasteiger partial charge in [-0.25, -0.2) is 0 Å². The van der Waals surface area contributed by atoms with Crippen molar-refractivity contribution in [2.45, 2.75) is 44.6 Å². The molecule has 74 valence electrons. The lowest BCUT2D eigenvalue weighted by Crippen LogP contribution is -2.30. The summed E-state index contributed by atoms with van der Waals surface area (Å²) in [6.45, 7) is 3.58. The normalized spacial score (nSPS) is 20.1. The highest BCUT2D eigenvalue weighted by atomic mass is 16.1. The molecule has 0 radical (unpaired) electrons. The predicted molar refractivity (Wildman–Crippen MR) is 54.4 cm³/mol. The van der Waals surface area contributed by atoms with Crippen molar-refractivity contribution in [3.05, 3.63) is 12.7 Å². The number of carbonyl (C=O) groups excluding carboxylic acids is 1. The Kier molecular flexibility index (Phi) is 4.16. The first-order valence-electron chi connectivity index (χ1n) is 5.13. The van der Waals surface area contributed by atoms with Crippen LogP contribution in [0.1, 0.15) is 38.5 Å². The average Bonchev–Trinajstić information content (AvgIpc) is 2.57. The quantitative estimate of drug-likeness (QED) is 0.659. The molecule has 1 rings (SSSR count). The van der Waals surface area contributed by atoms with Gasteiger partial charge in [-0.1, -0.05) is 31.8 Å². The minimum atomic E-state index is -0.307. The van der Waals surface area contributed by atoms with Gasteiger partial charge in [0.15, 0.2) is 0 Å².